The summed E-state index contributed by atoms with van der Waals surface area (Å²) in [5, 5.41) is 9.64. The Morgan fingerprint density at radius 1 is 0.516 bits per heavy atom. The van der Waals surface area contributed by atoms with Crippen LogP contribution in [-0.4, -0.2) is 80.6 Å². The number of allylic oxidation sites excluding steroid dienone is 14. The van der Waals surface area contributed by atoms with Gasteiger partial charge in [0.25, 0.3) is 0 Å². The zero-order valence-corrected chi connectivity index (χ0v) is 40.3. The Labute approximate surface area is 380 Å². The molecule has 0 rings (SSSR count). The molecule has 1 N–H and O–H groups in total. The zero-order valence-electron chi connectivity index (χ0n) is 40.3. The van der Waals surface area contributed by atoms with Gasteiger partial charge in [0.2, 0.25) is 0 Å². The highest BCUT2D eigenvalue weighted by molar-refractivity contribution is 5.72. The summed E-state index contributed by atoms with van der Waals surface area (Å²) in [4.78, 5) is 37.1. The van der Waals surface area contributed by atoms with Crippen molar-refractivity contribution in [3.63, 3.8) is 0 Å². The van der Waals surface area contributed by atoms with E-state index in [2.05, 4.69) is 98.9 Å². The van der Waals surface area contributed by atoms with Gasteiger partial charge < -0.3 is 23.8 Å². The van der Waals surface area contributed by atoms with Crippen LogP contribution in [0.3, 0.4) is 0 Å². The lowest BCUT2D eigenvalue weighted by molar-refractivity contribution is -0.887. The van der Waals surface area contributed by atoms with Gasteiger partial charge in [-0.05, 0) is 83.5 Å². The van der Waals surface area contributed by atoms with Gasteiger partial charge in [-0.2, -0.15) is 0 Å². The minimum atomic E-state index is -0.881. The molecule has 0 bridgehead atoms. The highest BCUT2D eigenvalue weighted by Crippen LogP contribution is 2.14. The van der Waals surface area contributed by atoms with Crippen LogP contribution in [0.25, 0.3) is 0 Å². The van der Waals surface area contributed by atoms with Crippen molar-refractivity contribution in [3.05, 3.63) is 85.1 Å². The van der Waals surface area contributed by atoms with Crippen LogP contribution >= 0.6 is 0 Å². The molecule has 2 unspecified atom stereocenters. The van der Waals surface area contributed by atoms with Crippen LogP contribution in [0.15, 0.2) is 85.1 Å². The van der Waals surface area contributed by atoms with Crippen LogP contribution in [0.1, 0.15) is 187 Å². The smallest absolute Gasteiger partial charge is 0.362 e. The molecule has 8 nitrogen and oxygen atoms in total. The van der Waals surface area contributed by atoms with E-state index < -0.39 is 18.1 Å². The quantitative estimate of drug-likeness (QED) is 0.0214. The molecular weight excluding hydrogens is 775 g/mol. The van der Waals surface area contributed by atoms with Crippen molar-refractivity contribution in [1.29, 1.82) is 0 Å². The second-order valence-corrected chi connectivity index (χ2v) is 17.4. The van der Waals surface area contributed by atoms with Gasteiger partial charge in [-0.1, -0.05) is 170 Å². The van der Waals surface area contributed by atoms with Crippen LogP contribution < -0.4 is 0 Å². The van der Waals surface area contributed by atoms with Crippen molar-refractivity contribution >= 4 is 17.9 Å². The normalized spacial score (nSPS) is 13.6. The fourth-order valence-electron chi connectivity index (χ4n) is 6.76. The van der Waals surface area contributed by atoms with Crippen molar-refractivity contribution < 1.29 is 38.2 Å². The summed E-state index contributed by atoms with van der Waals surface area (Å²) in [6.45, 7) is 4.56. The molecular formula is C54H92NO7+. The molecule has 0 aromatic heterocycles. The van der Waals surface area contributed by atoms with Crippen molar-refractivity contribution in [2.75, 3.05) is 41.0 Å². The summed E-state index contributed by atoms with van der Waals surface area (Å²) in [6.07, 6.45) is 57.7. The van der Waals surface area contributed by atoms with Gasteiger partial charge in [-0.15, -0.1) is 0 Å². The Balaban J connectivity index is 4.30. The lowest BCUT2D eigenvalue weighted by Gasteiger charge is -2.31. The number of ether oxygens (including phenoxy) is 3. The third-order valence-corrected chi connectivity index (χ3v) is 10.6. The number of esters is 2. The number of aliphatic carboxylic acids is 1. The largest absolute Gasteiger partial charge is 0.477 e. The molecule has 0 aliphatic heterocycles. The highest BCUT2D eigenvalue weighted by atomic mass is 16.6. The molecule has 0 amide bonds. The predicted octanol–water partition coefficient (Wildman–Crippen LogP) is 14.1. The van der Waals surface area contributed by atoms with Crippen molar-refractivity contribution in [1.82, 2.24) is 0 Å². The maximum absolute atomic E-state index is 12.8. The van der Waals surface area contributed by atoms with E-state index in [1.807, 2.05) is 21.1 Å². The van der Waals surface area contributed by atoms with Gasteiger partial charge in [0.05, 0.1) is 34.4 Å². The number of rotatable bonds is 43. The number of carboxylic acid groups (broad SMARTS) is 1. The molecule has 354 valence electrons. The van der Waals surface area contributed by atoms with Gasteiger partial charge in [0, 0.05) is 19.3 Å². The first kappa shape index (κ1) is 58.5. The minimum Gasteiger partial charge on any atom is -0.477 e. The van der Waals surface area contributed by atoms with E-state index in [4.69, 9.17) is 14.2 Å². The van der Waals surface area contributed by atoms with E-state index >= 15 is 0 Å². The van der Waals surface area contributed by atoms with Crippen molar-refractivity contribution in [2.45, 2.75) is 199 Å². The fraction of sp³-hybridized carbons (Fsp3) is 0.685. The SMILES string of the molecule is CC/C=C/C/C=C/C/C=C/C/C=C/C/C=C/CCCCCCCCCC(=O)OCC(COCCC(C(=O)O)[N+](C)(C)C)OC(=O)CCCCCCCC/C=C/C=C/CCCCC. The van der Waals surface area contributed by atoms with Crippen LogP contribution in [0.5, 0.6) is 0 Å². The number of likely N-dealkylation sites (N-methyl/N-ethyl adjacent to an activating group) is 1. The summed E-state index contributed by atoms with van der Waals surface area (Å²) in [5.74, 6) is -1.50. The Hall–Kier alpha value is -3.49. The molecule has 0 aromatic carbocycles. The monoisotopic (exact) mass is 867 g/mol. The molecule has 0 aromatic rings. The maximum atomic E-state index is 12.8. The van der Waals surface area contributed by atoms with Gasteiger partial charge in [-0.3, -0.25) is 9.59 Å². The van der Waals surface area contributed by atoms with Gasteiger partial charge in [0.1, 0.15) is 6.61 Å². The van der Waals surface area contributed by atoms with Crippen LogP contribution in [-0.2, 0) is 28.6 Å². The first-order chi connectivity index (χ1) is 30.1. The summed E-state index contributed by atoms with van der Waals surface area (Å²) >= 11 is 0. The predicted molar refractivity (Wildman–Crippen MR) is 261 cm³/mol. The van der Waals surface area contributed by atoms with Crippen molar-refractivity contribution in [2.24, 2.45) is 0 Å². The summed E-state index contributed by atoms with van der Waals surface area (Å²) in [6, 6.07) is -0.623. The first-order valence-electron chi connectivity index (χ1n) is 24.6. The van der Waals surface area contributed by atoms with E-state index in [1.54, 1.807) is 0 Å². The summed E-state index contributed by atoms with van der Waals surface area (Å²) in [5.41, 5.74) is 0. The second-order valence-electron chi connectivity index (χ2n) is 17.4. The molecule has 0 radical (unpaired) electrons. The number of hydrogen-bond acceptors (Lipinski definition) is 6. The van der Waals surface area contributed by atoms with Gasteiger partial charge in [-0.25, -0.2) is 4.79 Å². The number of carboxylic acids is 1. The van der Waals surface area contributed by atoms with E-state index in [0.29, 0.717) is 19.3 Å². The molecule has 0 aliphatic rings. The Morgan fingerprint density at radius 2 is 0.952 bits per heavy atom. The summed E-state index contributed by atoms with van der Waals surface area (Å²) < 4.78 is 17.3. The Kier molecular flexibility index (Phi) is 41.6. The number of hydrogen-bond donors (Lipinski definition) is 1. The maximum Gasteiger partial charge on any atom is 0.362 e. The van der Waals surface area contributed by atoms with Crippen LogP contribution in [0, 0.1) is 0 Å². The second kappa shape index (κ2) is 44.1. The number of carbonyl (C=O) groups is 3. The minimum absolute atomic E-state index is 0.0483. The lowest BCUT2D eigenvalue weighted by Crippen LogP contribution is -2.50. The van der Waals surface area contributed by atoms with E-state index in [9.17, 15) is 19.5 Å². The standard InChI is InChI=1S/C54H91NO7/c1-6-8-10-12-14-16-18-20-22-23-24-25-26-27-28-29-31-32-34-36-38-40-42-44-52(56)61-49-50(48-60-47-46-51(54(58)59)55(3,4)5)62-53(57)45-43-41-39-37-35-33-30-21-19-17-15-13-11-9-7-2/h8,10,14-17,19-22,24-25,27-28,50-51H,6-7,9,11-13,18,23,26,29-49H2,1-5H3/p+1/b10-8+,16-14+,17-15+,21-19+,22-20+,25-24+,28-27+. The lowest BCUT2D eigenvalue weighted by atomic mass is 10.1. The van der Waals surface area contributed by atoms with Gasteiger partial charge in [0.15, 0.2) is 12.1 Å². The van der Waals surface area contributed by atoms with Crippen LogP contribution in [0.4, 0.5) is 0 Å². The molecule has 8 heteroatoms. The number of unbranched alkanes of at least 4 members (excludes halogenated alkanes) is 16. The van der Waals surface area contributed by atoms with E-state index in [0.717, 1.165) is 96.3 Å². The molecule has 2 atom stereocenters. The average Bonchev–Trinajstić information content (AvgIpc) is 3.23. The fourth-order valence-corrected chi connectivity index (χ4v) is 6.76. The third-order valence-electron chi connectivity index (χ3n) is 10.6. The summed E-state index contributed by atoms with van der Waals surface area (Å²) in [7, 11) is 5.52. The molecule has 0 spiro atoms. The first-order valence-corrected chi connectivity index (χ1v) is 24.6. The number of carbonyl (C=O) groups excluding carboxylic acids is 2. The highest BCUT2D eigenvalue weighted by Gasteiger charge is 2.31. The number of quaternary nitrogens is 1. The van der Waals surface area contributed by atoms with Gasteiger partial charge >= 0.3 is 17.9 Å². The third kappa shape index (κ3) is 41.8. The molecule has 0 aliphatic carbocycles. The zero-order chi connectivity index (χ0) is 45.6. The van der Waals surface area contributed by atoms with E-state index in [1.165, 1.54) is 57.8 Å². The molecule has 0 fully saturated rings. The number of nitrogens with zero attached hydrogens (tertiary/aromatic N) is 1. The molecule has 0 heterocycles. The molecule has 62 heavy (non-hydrogen) atoms. The Bertz CT molecular complexity index is 1290. The van der Waals surface area contributed by atoms with E-state index in [-0.39, 0.29) is 36.2 Å². The average molecular weight is 867 g/mol. The van der Waals surface area contributed by atoms with Crippen LogP contribution in [0.2, 0.25) is 0 Å². The molecule has 0 saturated heterocycles. The van der Waals surface area contributed by atoms with Crippen molar-refractivity contribution in [3.8, 4) is 0 Å². The Morgan fingerprint density at radius 3 is 1.44 bits per heavy atom. The molecule has 0 saturated carbocycles. The topological polar surface area (TPSA) is 99.1 Å².